The molecule has 1 amide bonds. The highest BCUT2D eigenvalue weighted by Gasteiger charge is 2.40. The summed E-state index contributed by atoms with van der Waals surface area (Å²) in [5.74, 6) is 0.725. The zero-order chi connectivity index (χ0) is 16.7. The van der Waals surface area contributed by atoms with E-state index in [2.05, 4.69) is 54.4 Å². The molecule has 2 atom stereocenters. The van der Waals surface area contributed by atoms with Crippen LogP contribution in [0.5, 0.6) is 0 Å². The van der Waals surface area contributed by atoms with Gasteiger partial charge in [-0.3, -0.25) is 9.69 Å². The van der Waals surface area contributed by atoms with Crippen molar-refractivity contribution in [2.45, 2.75) is 38.8 Å². The van der Waals surface area contributed by atoms with Crippen LogP contribution in [0.4, 0.5) is 0 Å². The fraction of sp³-hybridized carbons (Fsp3) is 0.450. The number of piperidine rings is 3. The first-order valence-electron chi connectivity index (χ1n) is 8.83. The van der Waals surface area contributed by atoms with Gasteiger partial charge in [-0.2, -0.15) is 0 Å². The normalized spacial score (nSPS) is 28.8. The minimum atomic E-state index is 0.0899. The molecule has 5 rings (SSSR count). The molecule has 4 heteroatoms. The van der Waals surface area contributed by atoms with E-state index in [1.54, 1.807) is 11.3 Å². The van der Waals surface area contributed by atoms with Gasteiger partial charge in [0.25, 0.3) is 5.91 Å². The second kappa shape index (κ2) is 6.34. The lowest BCUT2D eigenvalue weighted by Crippen LogP contribution is -2.62. The summed E-state index contributed by atoms with van der Waals surface area (Å²) in [5, 5.41) is 5.38. The molecule has 126 valence electrons. The van der Waals surface area contributed by atoms with Crippen molar-refractivity contribution in [1.29, 1.82) is 0 Å². The highest BCUT2D eigenvalue weighted by Crippen LogP contribution is 2.33. The average Bonchev–Trinajstić information content (AvgIpc) is 3.08. The third kappa shape index (κ3) is 2.78. The van der Waals surface area contributed by atoms with Crippen molar-refractivity contribution in [3.05, 3.63) is 46.2 Å². The summed E-state index contributed by atoms with van der Waals surface area (Å²) in [6, 6.07) is 11.2. The number of hydrogen-bond acceptors (Lipinski definition) is 3. The lowest BCUT2D eigenvalue weighted by molar-refractivity contribution is 0.0218. The van der Waals surface area contributed by atoms with E-state index in [9.17, 15) is 4.79 Å². The number of benzene rings is 1. The quantitative estimate of drug-likeness (QED) is 0.918. The van der Waals surface area contributed by atoms with E-state index in [1.807, 2.05) is 5.38 Å². The first-order valence-corrected chi connectivity index (χ1v) is 9.71. The van der Waals surface area contributed by atoms with Crippen LogP contribution in [-0.2, 0) is 0 Å². The van der Waals surface area contributed by atoms with Gasteiger partial charge >= 0.3 is 0 Å². The summed E-state index contributed by atoms with van der Waals surface area (Å²) in [7, 11) is 0. The van der Waals surface area contributed by atoms with Crippen LogP contribution in [-0.4, -0.2) is 36.0 Å². The Labute approximate surface area is 147 Å². The predicted octanol–water partition coefficient (Wildman–Crippen LogP) is 3.94. The highest BCUT2D eigenvalue weighted by molar-refractivity contribution is 7.12. The fourth-order valence-electron chi connectivity index (χ4n) is 4.29. The first kappa shape index (κ1) is 15.9. The van der Waals surface area contributed by atoms with Gasteiger partial charge in [0.2, 0.25) is 0 Å². The van der Waals surface area contributed by atoms with Crippen LogP contribution >= 0.6 is 11.3 Å². The molecule has 0 aliphatic carbocycles. The molecule has 3 nitrogen and oxygen atoms in total. The van der Waals surface area contributed by atoms with Crippen LogP contribution in [0.1, 0.15) is 35.0 Å². The standard InChI is InChI=1S/C20H24N2OS/c1-13-4-3-5-16(12-13)17-8-11-24-19(17)20(23)21-18-14(2)22-9-6-15(18)7-10-22/h3-5,8,11-12,14-15,18H,6-7,9-10H2,1-2H3,(H,21,23)/t14-,18+/m1/s1. The Hall–Kier alpha value is -1.65. The topological polar surface area (TPSA) is 32.3 Å². The Bertz CT molecular complexity index is 744. The van der Waals surface area contributed by atoms with Crippen LogP contribution in [0.15, 0.2) is 35.7 Å². The molecule has 0 unspecified atom stereocenters. The Morgan fingerprint density at radius 2 is 2.04 bits per heavy atom. The van der Waals surface area contributed by atoms with Gasteiger partial charge in [-0.15, -0.1) is 11.3 Å². The molecule has 0 saturated carbocycles. The van der Waals surface area contributed by atoms with Crippen molar-refractivity contribution in [2.24, 2.45) is 5.92 Å². The van der Waals surface area contributed by atoms with Gasteiger partial charge in [-0.25, -0.2) is 0 Å². The van der Waals surface area contributed by atoms with Gasteiger partial charge in [0.15, 0.2) is 0 Å². The molecule has 3 fully saturated rings. The highest BCUT2D eigenvalue weighted by atomic mass is 32.1. The van der Waals surface area contributed by atoms with E-state index in [4.69, 9.17) is 0 Å². The number of rotatable bonds is 3. The van der Waals surface area contributed by atoms with Gasteiger partial charge in [0.1, 0.15) is 0 Å². The predicted molar refractivity (Wildman–Crippen MR) is 99.5 cm³/mol. The second-order valence-electron chi connectivity index (χ2n) is 7.15. The van der Waals surface area contributed by atoms with Crippen LogP contribution in [0.2, 0.25) is 0 Å². The first-order chi connectivity index (χ1) is 11.6. The number of hydrogen-bond donors (Lipinski definition) is 1. The molecule has 2 bridgehead atoms. The number of nitrogens with one attached hydrogen (secondary N) is 1. The summed E-state index contributed by atoms with van der Waals surface area (Å²) < 4.78 is 0. The van der Waals surface area contributed by atoms with Crippen molar-refractivity contribution in [3.8, 4) is 11.1 Å². The molecule has 0 spiro atoms. The van der Waals surface area contributed by atoms with Crippen LogP contribution in [0.3, 0.4) is 0 Å². The van der Waals surface area contributed by atoms with Crippen molar-refractivity contribution in [1.82, 2.24) is 10.2 Å². The molecule has 3 saturated heterocycles. The molecule has 1 aromatic heterocycles. The minimum absolute atomic E-state index is 0.0899. The SMILES string of the molecule is Cc1cccc(-c2ccsc2C(=O)N[C@@H]2C3CCN(CC3)[C@@H]2C)c1. The van der Waals surface area contributed by atoms with Gasteiger partial charge in [-0.1, -0.05) is 29.8 Å². The Balaban J connectivity index is 1.57. The third-order valence-electron chi connectivity index (χ3n) is 5.68. The molecule has 1 N–H and O–H groups in total. The average molecular weight is 340 g/mol. The summed E-state index contributed by atoms with van der Waals surface area (Å²) in [5.41, 5.74) is 3.40. The van der Waals surface area contributed by atoms with E-state index in [0.717, 1.165) is 16.0 Å². The summed E-state index contributed by atoms with van der Waals surface area (Å²) in [6.07, 6.45) is 2.43. The maximum Gasteiger partial charge on any atom is 0.262 e. The van der Waals surface area contributed by atoms with E-state index >= 15 is 0 Å². The molecule has 0 radical (unpaired) electrons. The summed E-state index contributed by atoms with van der Waals surface area (Å²) in [4.78, 5) is 16.3. The van der Waals surface area contributed by atoms with E-state index in [1.165, 1.54) is 31.5 Å². The number of carbonyl (C=O) groups is 1. The number of nitrogens with zero attached hydrogens (tertiary/aromatic N) is 1. The van der Waals surface area contributed by atoms with Crippen LogP contribution < -0.4 is 5.32 Å². The lowest BCUT2D eigenvalue weighted by atomic mass is 9.79. The third-order valence-corrected chi connectivity index (χ3v) is 6.59. The zero-order valence-corrected chi connectivity index (χ0v) is 15.1. The second-order valence-corrected chi connectivity index (χ2v) is 8.06. The van der Waals surface area contributed by atoms with Gasteiger partial charge < -0.3 is 5.32 Å². The zero-order valence-electron chi connectivity index (χ0n) is 14.3. The summed E-state index contributed by atoms with van der Waals surface area (Å²) >= 11 is 1.54. The molecule has 3 aliphatic heterocycles. The van der Waals surface area contributed by atoms with E-state index in [-0.39, 0.29) is 11.9 Å². The number of amides is 1. The smallest absolute Gasteiger partial charge is 0.262 e. The Morgan fingerprint density at radius 3 is 2.75 bits per heavy atom. The van der Waals surface area contributed by atoms with E-state index in [0.29, 0.717) is 12.0 Å². The number of thiophene rings is 1. The maximum atomic E-state index is 13.0. The van der Waals surface area contributed by atoms with Crippen molar-refractivity contribution < 1.29 is 4.79 Å². The lowest BCUT2D eigenvalue weighted by Gasteiger charge is -2.49. The molecule has 1 aromatic carbocycles. The number of fused-ring (bicyclic) bond motifs is 3. The molecule has 3 aliphatic rings. The molecular formula is C20H24N2OS. The number of carbonyl (C=O) groups excluding carboxylic acids is 1. The molecule has 24 heavy (non-hydrogen) atoms. The van der Waals surface area contributed by atoms with Gasteiger partial charge in [0.05, 0.1) is 4.88 Å². The maximum absolute atomic E-state index is 13.0. The largest absolute Gasteiger partial charge is 0.347 e. The molecule has 2 aromatic rings. The van der Waals surface area contributed by atoms with Gasteiger partial charge in [-0.05, 0) is 62.7 Å². The number of aryl methyl sites for hydroxylation is 1. The molecular weight excluding hydrogens is 316 g/mol. The van der Waals surface area contributed by atoms with Gasteiger partial charge in [0, 0.05) is 17.6 Å². The molecule has 4 heterocycles. The van der Waals surface area contributed by atoms with Crippen LogP contribution in [0, 0.1) is 12.8 Å². The fourth-order valence-corrected chi connectivity index (χ4v) is 5.11. The monoisotopic (exact) mass is 340 g/mol. The minimum Gasteiger partial charge on any atom is -0.347 e. The summed E-state index contributed by atoms with van der Waals surface area (Å²) in [6.45, 7) is 6.72. The Kier molecular flexibility index (Phi) is 4.19. The van der Waals surface area contributed by atoms with Crippen molar-refractivity contribution in [3.63, 3.8) is 0 Å². The Morgan fingerprint density at radius 1 is 1.25 bits per heavy atom. The van der Waals surface area contributed by atoms with Crippen LogP contribution in [0.25, 0.3) is 11.1 Å². The van der Waals surface area contributed by atoms with Crippen molar-refractivity contribution >= 4 is 17.2 Å². The van der Waals surface area contributed by atoms with Crippen molar-refractivity contribution in [2.75, 3.05) is 13.1 Å². The van der Waals surface area contributed by atoms with E-state index < -0.39 is 0 Å².